The first-order chi connectivity index (χ1) is 9.83. The van der Waals surface area contributed by atoms with E-state index in [1.165, 1.54) is 12.1 Å². The molecule has 0 spiro atoms. The number of rotatable bonds is 5. The summed E-state index contributed by atoms with van der Waals surface area (Å²) in [7, 11) is -3.28. The second kappa shape index (κ2) is 6.32. The molecule has 0 atom stereocenters. The maximum atomic E-state index is 12.9. The zero-order chi connectivity index (χ0) is 15.5. The van der Waals surface area contributed by atoms with Crippen molar-refractivity contribution in [2.45, 2.75) is 6.54 Å². The number of halogens is 2. The van der Waals surface area contributed by atoms with Gasteiger partial charge in [0.05, 0.1) is 6.26 Å². The third kappa shape index (κ3) is 4.91. The van der Waals surface area contributed by atoms with Gasteiger partial charge in [0, 0.05) is 22.9 Å². The molecule has 0 saturated carbocycles. The van der Waals surface area contributed by atoms with Crippen LogP contribution in [0.3, 0.4) is 0 Å². The van der Waals surface area contributed by atoms with Crippen LogP contribution < -0.4 is 10.0 Å². The molecule has 0 aliphatic carbocycles. The van der Waals surface area contributed by atoms with Crippen LogP contribution in [0.5, 0.6) is 0 Å². The van der Waals surface area contributed by atoms with E-state index in [4.69, 9.17) is 11.6 Å². The van der Waals surface area contributed by atoms with E-state index in [1.54, 1.807) is 30.3 Å². The SMILES string of the molecule is CS(=O)(=O)Nc1ccc(NCc2ccc(F)cc2Cl)cc1. The van der Waals surface area contributed by atoms with E-state index in [1.807, 2.05) is 0 Å². The van der Waals surface area contributed by atoms with Crippen molar-refractivity contribution < 1.29 is 12.8 Å². The van der Waals surface area contributed by atoms with Crippen molar-refractivity contribution in [3.8, 4) is 0 Å². The highest BCUT2D eigenvalue weighted by Crippen LogP contribution is 2.20. The van der Waals surface area contributed by atoms with Crippen LogP contribution in [0.4, 0.5) is 15.8 Å². The summed E-state index contributed by atoms with van der Waals surface area (Å²) in [5, 5.41) is 3.49. The normalized spacial score (nSPS) is 11.2. The van der Waals surface area contributed by atoms with Crippen molar-refractivity contribution in [2.24, 2.45) is 0 Å². The van der Waals surface area contributed by atoms with Gasteiger partial charge in [-0.25, -0.2) is 12.8 Å². The number of hydrogen-bond donors (Lipinski definition) is 2. The van der Waals surface area contributed by atoms with Gasteiger partial charge in [0.1, 0.15) is 5.82 Å². The number of anilines is 2. The molecule has 112 valence electrons. The molecule has 0 heterocycles. The molecule has 2 rings (SSSR count). The quantitative estimate of drug-likeness (QED) is 0.883. The van der Waals surface area contributed by atoms with Crippen molar-refractivity contribution >= 4 is 33.0 Å². The largest absolute Gasteiger partial charge is 0.381 e. The topological polar surface area (TPSA) is 58.2 Å². The van der Waals surface area contributed by atoms with Crippen LogP contribution in [0.15, 0.2) is 42.5 Å². The Bertz CT molecular complexity index is 733. The van der Waals surface area contributed by atoms with E-state index in [2.05, 4.69) is 10.0 Å². The van der Waals surface area contributed by atoms with Crippen LogP contribution in [0.1, 0.15) is 5.56 Å². The Kier molecular flexibility index (Phi) is 4.69. The molecule has 0 bridgehead atoms. The molecule has 0 unspecified atom stereocenters. The predicted octanol–water partition coefficient (Wildman–Crippen LogP) is 3.46. The Morgan fingerprint density at radius 2 is 1.71 bits per heavy atom. The summed E-state index contributed by atoms with van der Waals surface area (Å²) in [6.07, 6.45) is 1.09. The van der Waals surface area contributed by atoms with Crippen LogP contribution >= 0.6 is 11.6 Å². The van der Waals surface area contributed by atoms with Gasteiger partial charge in [0.25, 0.3) is 0 Å². The van der Waals surface area contributed by atoms with Gasteiger partial charge in [0.2, 0.25) is 10.0 Å². The zero-order valence-electron chi connectivity index (χ0n) is 11.2. The number of benzene rings is 2. The second-order valence-electron chi connectivity index (χ2n) is 4.54. The molecule has 21 heavy (non-hydrogen) atoms. The summed E-state index contributed by atoms with van der Waals surface area (Å²) in [6.45, 7) is 0.442. The van der Waals surface area contributed by atoms with Crippen LogP contribution in [0, 0.1) is 5.82 Å². The number of hydrogen-bond acceptors (Lipinski definition) is 3. The lowest BCUT2D eigenvalue weighted by molar-refractivity contribution is 0.607. The molecule has 2 N–H and O–H groups in total. The Morgan fingerprint density at radius 3 is 2.29 bits per heavy atom. The molecule has 0 radical (unpaired) electrons. The third-order valence-electron chi connectivity index (χ3n) is 2.69. The highest BCUT2D eigenvalue weighted by molar-refractivity contribution is 7.92. The Balaban J connectivity index is 2.00. The first kappa shape index (κ1) is 15.6. The lowest BCUT2D eigenvalue weighted by Crippen LogP contribution is -2.09. The lowest BCUT2D eigenvalue weighted by atomic mass is 10.2. The molecule has 2 aromatic carbocycles. The Morgan fingerprint density at radius 1 is 1.10 bits per heavy atom. The van der Waals surface area contributed by atoms with Crippen LogP contribution in [-0.4, -0.2) is 14.7 Å². The Hall–Kier alpha value is -1.79. The molecule has 7 heteroatoms. The summed E-state index contributed by atoms with van der Waals surface area (Å²) in [6, 6.07) is 11.0. The predicted molar refractivity (Wildman–Crippen MR) is 83.6 cm³/mol. The van der Waals surface area contributed by atoms with Crippen LogP contribution in [0.25, 0.3) is 0 Å². The minimum absolute atomic E-state index is 0.359. The summed E-state index contributed by atoms with van der Waals surface area (Å²) in [4.78, 5) is 0. The van der Waals surface area contributed by atoms with Gasteiger partial charge in [-0.1, -0.05) is 17.7 Å². The zero-order valence-corrected chi connectivity index (χ0v) is 12.8. The molecule has 0 aromatic heterocycles. The minimum atomic E-state index is -3.28. The molecule has 0 amide bonds. The van der Waals surface area contributed by atoms with Crippen molar-refractivity contribution in [3.63, 3.8) is 0 Å². The van der Waals surface area contributed by atoms with Gasteiger partial charge in [-0.2, -0.15) is 0 Å². The van der Waals surface area contributed by atoms with E-state index < -0.39 is 10.0 Å². The van der Waals surface area contributed by atoms with Gasteiger partial charge in [0.15, 0.2) is 0 Å². The second-order valence-corrected chi connectivity index (χ2v) is 6.70. The standard InChI is InChI=1S/C14H14ClFN2O2S/c1-21(19,20)18-13-6-4-12(5-7-13)17-9-10-2-3-11(16)8-14(10)15/h2-8,17-18H,9H2,1H3. The Labute approximate surface area is 128 Å². The van der Waals surface area contributed by atoms with E-state index in [0.29, 0.717) is 17.3 Å². The first-order valence-electron chi connectivity index (χ1n) is 6.09. The number of sulfonamides is 1. The lowest BCUT2D eigenvalue weighted by Gasteiger charge is -2.09. The van der Waals surface area contributed by atoms with Gasteiger partial charge < -0.3 is 5.32 Å². The van der Waals surface area contributed by atoms with Gasteiger partial charge in [-0.15, -0.1) is 0 Å². The molecule has 0 aliphatic rings. The molecule has 0 saturated heterocycles. The van der Waals surface area contributed by atoms with Crippen LogP contribution in [0.2, 0.25) is 5.02 Å². The molecule has 4 nitrogen and oxygen atoms in total. The summed E-state index contributed by atoms with van der Waals surface area (Å²) < 4.78 is 37.5. The van der Waals surface area contributed by atoms with Gasteiger partial charge in [-0.3, -0.25) is 4.72 Å². The van der Waals surface area contributed by atoms with Gasteiger partial charge >= 0.3 is 0 Å². The smallest absolute Gasteiger partial charge is 0.229 e. The fourth-order valence-electron chi connectivity index (χ4n) is 1.73. The minimum Gasteiger partial charge on any atom is -0.381 e. The van der Waals surface area contributed by atoms with Crippen molar-refractivity contribution in [1.29, 1.82) is 0 Å². The van der Waals surface area contributed by atoms with Crippen LogP contribution in [-0.2, 0) is 16.6 Å². The van der Waals surface area contributed by atoms with Crippen molar-refractivity contribution in [1.82, 2.24) is 0 Å². The molecule has 0 aliphatic heterocycles. The fourth-order valence-corrected chi connectivity index (χ4v) is 2.53. The molecule has 2 aromatic rings. The number of nitrogens with one attached hydrogen (secondary N) is 2. The third-order valence-corrected chi connectivity index (χ3v) is 3.64. The van der Waals surface area contributed by atoms with Gasteiger partial charge in [-0.05, 0) is 42.0 Å². The highest BCUT2D eigenvalue weighted by atomic mass is 35.5. The average molecular weight is 329 g/mol. The maximum Gasteiger partial charge on any atom is 0.229 e. The fraction of sp³-hybridized carbons (Fsp3) is 0.143. The summed E-state index contributed by atoms with van der Waals surface area (Å²) in [5.74, 6) is -0.375. The maximum absolute atomic E-state index is 12.9. The van der Waals surface area contributed by atoms with Crippen molar-refractivity contribution in [2.75, 3.05) is 16.3 Å². The molecule has 0 fully saturated rings. The molecular formula is C14H14ClFN2O2S. The first-order valence-corrected chi connectivity index (χ1v) is 8.36. The monoisotopic (exact) mass is 328 g/mol. The van der Waals surface area contributed by atoms with E-state index >= 15 is 0 Å². The highest BCUT2D eigenvalue weighted by Gasteiger charge is 2.03. The van der Waals surface area contributed by atoms with Crippen molar-refractivity contribution in [3.05, 3.63) is 58.9 Å². The summed E-state index contributed by atoms with van der Waals surface area (Å²) >= 11 is 5.94. The van der Waals surface area contributed by atoms with E-state index in [9.17, 15) is 12.8 Å². The van der Waals surface area contributed by atoms with E-state index in [0.717, 1.165) is 17.5 Å². The average Bonchev–Trinajstić information content (AvgIpc) is 2.38. The molecular weight excluding hydrogens is 315 g/mol. The van der Waals surface area contributed by atoms with E-state index in [-0.39, 0.29) is 5.82 Å². The summed E-state index contributed by atoms with van der Waals surface area (Å²) in [5.41, 5.74) is 2.06.